The van der Waals surface area contributed by atoms with Crippen LogP contribution in [0.5, 0.6) is 0 Å². The van der Waals surface area contributed by atoms with Gasteiger partial charge in [0, 0.05) is 0 Å². The van der Waals surface area contributed by atoms with E-state index in [9.17, 15) is 0 Å². The molecule has 0 amide bonds. The molecule has 2 aromatic rings. The summed E-state index contributed by atoms with van der Waals surface area (Å²) in [5, 5.41) is 0.140. The molecule has 0 bridgehead atoms. The standard InChI is InChI=1S/C26H36O4Si/c1-26(2,3)31(4,5)30-20-24-25(29-19-22-14-10-7-11-15-22)23(16-17-27-24)28-18-21-12-8-6-9-13-21/h6-17,23-25H,18-20H2,1-5H3. The van der Waals surface area contributed by atoms with Crippen molar-refractivity contribution in [2.24, 2.45) is 0 Å². The molecule has 0 saturated carbocycles. The van der Waals surface area contributed by atoms with Crippen molar-refractivity contribution in [3.05, 3.63) is 84.1 Å². The lowest BCUT2D eigenvalue weighted by atomic mass is 10.1. The maximum absolute atomic E-state index is 6.47. The van der Waals surface area contributed by atoms with E-state index < -0.39 is 8.32 Å². The van der Waals surface area contributed by atoms with E-state index in [4.69, 9.17) is 18.6 Å². The van der Waals surface area contributed by atoms with Crippen molar-refractivity contribution in [3.8, 4) is 0 Å². The lowest BCUT2D eigenvalue weighted by Gasteiger charge is -2.40. The summed E-state index contributed by atoms with van der Waals surface area (Å²) in [6, 6.07) is 20.4. The highest BCUT2D eigenvalue weighted by Gasteiger charge is 2.40. The zero-order valence-electron chi connectivity index (χ0n) is 19.4. The topological polar surface area (TPSA) is 36.9 Å². The highest BCUT2D eigenvalue weighted by atomic mass is 28.4. The predicted molar refractivity (Wildman–Crippen MR) is 127 cm³/mol. The molecule has 0 fully saturated rings. The summed E-state index contributed by atoms with van der Waals surface area (Å²) < 4.78 is 25.1. The second kappa shape index (κ2) is 10.6. The molecule has 3 unspecified atom stereocenters. The first-order valence-electron chi connectivity index (χ1n) is 11.0. The van der Waals surface area contributed by atoms with Crippen molar-refractivity contribution < 1.29 is 18.6 Å². The molecule has 1 aliphatic heterocycles. The Balaban J connectivity index is 1.70. The van der Waals surface area contributed by atoms with Gasteiger partial charge >= 0.3 is 0 Å². The third-order valence-electron chi connectivity index (χ3n) is 6.20. The summed E-state index contributed by atoms with van der Waals surface area (Å²) in [5.74, 6) is 0. The number of hydrogen-bond acceptors (Lipinski definition) is 4. The molecule has 31 heavy (non-hydrogen) atoms. The van der Waals surface area contributed by atoms with Gasteiger partial charge in [-0.1, -0.05) is 81.4 Å². The van der Waals surface area contributed by atoms with Gasteiger partial charge in [0.25, 0.3) is 0 Å². The molecule has 0 saturated heterocycles. The molecular weight excluding hydrogens is 404 g/mol. The molecule has 2 aromatic carbocycles. The van der Waals surface area contributed by atoms with E-state index in [2.05, 4.69) is 58.1 Å². The van der Waals surface area contributed by atoms with Crippen molar-refractivity contribution in [2.75, 3.05) is 6.61 Å². The van der Waals surface area contributed by atoms with Gasteiger partial charge in [0.15, 0.2) is 8.32 Å². The zero-order chi connectivity index (χ0) is 22.3. The van der Waals surface area contributed by atoms with Crippen LogP contribution in [0.3, 0.4) is 0 Å². The van der Waals surface area contributed by atoms with Crippen LogP contribution in [0.2, 0.25) is 18.1 Å². The molecule has 168 valence electrons. The van der Waals surface area contributed by atoms with Gasteiger partial charge in [0.05, 0.1) is 26.1 Å². The fraction of sp³-hybridized carbons (Fsp3) is 0.462. The van der Waals surface area contributed by atoms with E-state index in [-0.39, 0.29) is 23.4 Å². The van der Waals surface area contributed by atoms with Crippen molar-refractivity contribution in [1.29, 1.82) is 0 Å². The maximum Gasteiger partial charge on any atom is 0.192 e. The van der Waals surface area contributed by atoms with E-state index in [0.717, 1.165) is 11.1 Å². The van der Waals surface area contributed by atoms with Crippen molar-refractivity contribution >= 4 is 8.32 Å². The summed E-state index contributed by atoms with van der Waals surface area (Å²) in [6.07, 6.45) is 3.01. The van der Waals surface area contributed by atoms with Crippen LogP contribution in [0.15, 0.2) is 73.0 Å². The Morgan fingerprint density at radius 2 is 1.39 bits per heavy atom. The van der Waals surface area contributed by atoms with E-state index >= 15 is 0 Å². The molecule has 3 atom stereocenters. The highest BCUT2D eigenvalue weighted by molar-refractivity contribution is 6.74. The number of hydrogen-bond donors (Lipinski definition) is 0. The molecule has 1 heterocycles. The number of ether oxygens (including phenoxy) is 3. The highest BCUT2D eigenvalue weighted by Crippen LogP contribution is 2.37. The summed E-state index contributed by atoms with van der Waals surface area (Å²) in [7, 11) is -1.90. The molecule has 0 N–H and O–H groups in total. The second-order valence-corrected chi connectivity index (χ2v) is 14.4. The second-order valence-electron chi connectivity index (χ2n) is 9.60. The van der Waals surface area contributed by atoms with Gasteiger partial charge in [-0.2, -0.15) is 0 Å². The van der Waals surface area contributed by atoms with Crippen LogP contribution in [0, 0.1) is 0 Å². The SMILES string of the molecule is CC(C)(C)[Si](C)(C)OCC1OC=CC(OCc2ccccc2)C1OCc1ccccc1. The third kappa shape index (κ3) is 6.78. The molecule has 0 spiro atoms. The van der Waals surface area contributed by atoms with Crippen LogP contribution in [-0.4, -0.2) is 33.2 Å². The Kier molecular flexibility index (Phi) is 8.11. The van der Waals surface area contributed by atoms with Gasteiger partial charge in [0.2, 0.25) is 0 Å². The van der Waals surface area contributed by atoms with Gasteiger partial charge in [-0.3, -0.25) is 0 Å². The largest absolute Gasteiger partial charge is 0.493 e. The predicted octanol–water partition coefficient (Wildman–Crippen LogP) is 6.09. The lowest BCUT2D eigenvalue weighted by Crippen LogP contribution is -2.49. The van der Waals surface area contributed by atoms with Gasteiger partial charge in [-0.05, 0) is 35.3 Å². The normalized spacial score (nSPS) is 21.6. The Hall–Kier alpha value is -1.92. The monoisotopic (exact) mass is 440 g/mol. The Bertz CT molecular complexity index is 814. The first-order valence-corrected chi connectivity index (χ1v) is 13.9. The summed E-state index contributed by atoms with van der Waals surface area (Å²) in [4.78, 5) is 0. The zero-order valence-corrected chi connectivity index (χ0v) is 20.4. The minimum absolute atomic E-state index is 0.140. The molecule has 0 aliphatic carbocycles. The molecule has 4 nitrogen and oxygen atoms in total. The van der Waals surface area contributed by atoms with Gasteiger partial charge in [-0.25, -0.2) is 0 Å². The molecule has 1 aliphatic rings. The Labute approximate surface area is 188 Å². The summed E-state index contributed by atoms with van der Waals surface area (Å²) in [5.41, 5.74) is 2.27. The van der Waals surface area contributed by atoms with Crippen molar-refractivity contribution in [3.63, 3.8) is 0 Å². The first-order chi connectivity index (χ1) is 14.8. The quantitative estimate of drug-likeness (QED) is 0.442. The molecule has 5 heteroatoms. The van der Waals surface area contributed by atoms with Crippen LogP contribution < -0.4 is 0 Å². The number of benzene rings is 2. The van der Waals surface area contributed by atoms with Crippen LogP contribution in [0.25, 0.3) is 0 Å². The molecule has 0 radical (unpaired) electrons. The van der Waals surface area contributed by atoms with Gasteiger partial charge in [0.1, 0.15) is 18.3 Å². The average Bonchev–Trinajstić information content (AvgIpc) is 2.76. The van der Waals surface area contributed by atoms with E-state index in [1.54, 1.807) is 6.26 Å². The lowest BCUT2D eigenvalue weighted by molar-refractivity contribution is -0.138. The van der Waals surface area contributed by atoms with Crippen molar-refractivity contribution in [1.82, 2.24) is 0 Å². The van der Waals surface area contributed by atoms with Crippen LogP contribution in [-0.2, 0) is 31.9 Å². The summed E-state index contributed by atoms with van der Waals surface area (Å²) >= 11 is 0. The van der Waals surface area contributed by atoms with E-state index in [1.807, 2.05) is 42.5 Å². The van der Waals surface area contributed by atoms with E-state index in [0.29, 0.717) is 19.8 Å². The van der Waals surface area contributed by atoms with Crippen molar-refractivity contribution in [2.45, 2.75) is 70.4 Å². The van der Waals surface area contributed by atoms with Gasteiger partial charge in [-0.15, -0.1) is 0 Å². The fourth-order valence-corrected chi connectivity index (χ4v) is 4.16. The average molecular weight is 441 g/mol. The molecular formula is C26H36O4Si. The fourth-order valence-electron chi connectivity index (χ4n) is 3.15. The van der Waals surface area contributed by atoms with Crippen LogP contribution >= 0.6 is 0 Å². The summed E-state index contributed by atoms with van der Waals surface area (Å²) in [6.45, 7) is 12.8. The molecule has 3 rings (SSSR count). The minimum atomic E-state index is -1.90. The molecule has 0 aromatic heterocycles. The van der Waals surface area contributed by atoms with Crippen LogP contribution in [0.1, 0.15) is 31.9 Å². The Morgan fingerprint density at radius 1 is 0.839 bits per heavy atom. The maximum atomic E-state index is 6.47. The smallest absolute Gasteiger partial charge is 0.192 e. The van der Waals surface area contributed by atoms with E-state index in [1.165, 1.54) is 0 Å². The minimum Gasteiger partial charge on any atom is -0.493 e. The number of rotatable bonds is 9. The van der Waals surface area contributed by atoms with Crippen LogP contribution in [0.4, 0.5) is 0 Å². The van der Waals surface area contributed by atoms with Gasteiger partial charge < -0.3 is 18.6 Å². The first kappa shape index (κ1) is 23.7. The Morgan fingerprint density at radius 3 is 1.94 bits per heavy atom. The third-order valence-corrected chi connectivity index (χ3v) is 10.7.